The number of carbonyl (C=O) groups is 1. The van der Waals surface area contributed by atoms with Crippen molar-refractivity contribution in [2.45, 2.75) is 6.92 Å². The van der Waals surface area contributed by atoms with Gasteiger partial charge in [-0.1, -0.05) is 30.3 Å². The van der Waals surface area contributed by atoms with E-state index < -0.39 is 4.92 Å². The van der Waals surface area contributed by atoms with Gasteiger partial charge in [-0.2, -0.15) is 0 Å². The monoisotopic (exact) mass is 353 g/mol. The summed E-state index contributed by atoms with van der Waals surface area (Å²) in [5.74, 6) is -0.178. The van der Waals surface area contributed by atoms with E-state index in [9.17, 15) is 14.9 Å². The van der Waals surface area contributed by atoms with Crippen LogP contribution in [0, 0.1) is 17.0 Å². The molecule has 1 amide bonds. The SMILES string of the molecule is Cc1ccc(/C=C2/SC(=Nc3ccccc3)N(C)C2=O)cc1[N+](=O)[O-]. The standard InChI is InChI=1S/C18H15N3O3S/c1-12-8-9-13(10-15(12)21(23)24)11-16-17(22)20(2)18(25-16)19-14-6-4-3-5-7-14/h3-11H,1-2H3/b16-11+,19-18?. The molecule has 7 heteroatoms. The summed E-state index contributed by atoms with van der Waals surface area (Å²) >= 11 is 1.25. The number of amidine groups is 1. The predicted octanol–water partition coefficient (Wildman–Crippen LogP) is 4.14. The first-order chi connectivity index (χ1) is 12.0. The summed E-state index contributed by atoms with van der Waals surface area (Å²) in [5.41, 5.74) is 2.00. The van der Waals surface area contributed by atoms with Crippen LogP contribution in [0.2, 0.25) is 0 Å². The fourth-order valence-corrected chi connectivity index (χ4v) is 3.32. The minimum Gasteiger partial charge on any atom is -0.290 e. The first-order valence-electron chi connectivity index (χ1n) is 7.52. The van der Waals surface area contributed by atoms with Gasteiger partial charge in [0, 0.05) is 18.7 Å². The van der Waals surface area contributed by atoms with Crippen LogP contribution in [0.25, 0.3) is 6.08 Å². The topological polar surface area (TPSA) is 75.8 Å². The number of thioether (sulfide) groups is 1. The van der Waals surface area contributed by atoms with E-state index in [0.717, 1.165) is 5.69 Å². The maximum atomic E-state index is 12.4. The third-order valence-electron chi connectivity index (χ3n) is 3.71. The van der Waals surface area contributed by atoms with E-state index in [1.807, 2.05) is 30.3 Å². The molecule has 126 valence electrons. The number of amides is 1. The summed E-state index contributed by atoms with van der Waals surface area (Å²) in [6, 6.07) is 14.3. The molecular weight excluding hydrogens is 338 g/mol. The third-order valence-corrected chi connectivity index (χ3v) is 4.77. The maximum absolute atomic E-state index is 12.4. The number of aryl methyl sites for hydroxylation is 1. The van der Waals surface area contributed by atoms with E-state index in [2.05, 4.69) is 4.99 Å². The van der Waals surface area contributed by atoms with Crippen molar-refractivity contribution in [1.82, 2.24) is 4.90 Å². The van der Waals surface area contributed by atoms with Gasteiger partial charge in [-0.25, -0.2) is 4.99 Å². The van der Waals surface area contributed by atoms with Gasteiger partial charge in [0.05, 0.1) is 15.5 Å². The molecule has 25 heavy (non-hydrogen) atoms. The molecule has 0 aromatic heterocycles. The fourth-order valence-electron chi connectivity index (χ4n) is 2.33. The van der Waals surface area contributed by atoms with Crippen LogP contribution in [0.3, 0.4) is 0 Å². The first kappa shape index (κ1) is 16.9. The van der Waals surface area contributed by atoms with E-state index in [-0.39, 0.29) is 11.6 Å². The smallest absolute Gasteiger partial charge is 0.272 e. The van der Waals surface area contributed by atoms with Crippen molar-refractivity contribution in [3.63, 3.8) is 0 Å². The molecule has 6 nitrogen and oxygen atoms in total. The van der Waals surface area contributed by atoms with Gasteiger partial charge in [0.25, 0.3) is 11.6 Å². The fraction of sp³-hybridized carbons (Fsp3) is 0.111. The average molecular weight is 353 g/mol. The van der Waals surface area contributed by atoms with Crippen molar-refractivity contribution >= 4 is 40.3 Å². The summed E-state index contributed by atoms with van der Waals surface area (Å²) in [6.45, 7) is 1.68. The molecule has 2 aromatic rings. The Morgan fingerprint density at radius 2 is 1.92 bits per heavy atom. The average Bonchev–Trinajstić information content (AvgIpc) is 2.85. The molecule has 0 spiro atoms. The summed E-state index contributed by atoms with van der Waals surface area (Å²) in [4.78, 5) is 29.5. The zero-order chi connectivity index (χ0) is 18.0. The largest absolute Gasteiger partial charge is 0.290 e. The van der Waals surface area contributed by atoms with Crippen LogP contribution in [0.1, 0.15) is 11.1 Å². The molecule has 0 unspecified atom stereocenters. The van der Waals surface area contributed by atoms with Crippen molar-refractivity contribution in [2.75, 3.05) is 7.05 Å². The lowest BCUT2D eigenvalue weighted by Gasteiger charge is -2.06. The van der Waals surface area contributed by atoms with Gasteiger partial charge in [0.2, 0.25) is 0 Å². The quantitative estimate of drug-likeness (QED) is 0.472. The Bertz CT molecular complexity index is 907. The van der Waals surface area contributed by atoms with Crippen molar-refractivity contribution in [3.8, 4) is 0 Å². The van der Waals surface area contributed by atoms with Gasteiger partial charge < -0.3 is 0 Å². The van der Waals surface area contributed by atoms with Crippen LogP contribution < -0.4 is 0 Å². The van der Waals surface area contributed by atoms with Crippen LogP contribution in [0.15, 0.2) is 58.4 Å². The molecule has 1 heterocycles. The molecule has 1 saturated heterocycles. The number of aliphatic imine (C=N–C) groups is 1. The van der Waals surface area contributed by atoms with Gasteiger partial charge >= 0.3 is 0 Å². The number of hydrogen-bond donors (Lipinski definition) is 0. The number of carbonyl (C=O) groups excluding carboxylic acids is 1. The second kappa shape index (κ2) is 6.90. The molecule has 0 bridgehead atoms. The number of para-hydroxylation sites is 1. The highest BCUT2D eigenvalue weighted by molar-refractivity contribution is 8.18. The first-order valence-corrected chi connectivity index (χ1v) is 8.34. The molecule has 1 aliphatic rings. The molecule has 0 atom stereocenters. The van der Waals surface area contributed by atoms with E-state index in [4.69, 9.17) is 0 Å². The highest BCUT2D eigenvalue weighted by atomic mass is 32.2. The lowest BCUT2D eigenvalue weighted by atomic mass is 10.1. The number of nitro groups is 1. The van der Waals surface area contributed by atoms with Crippen molar-refractivity contribution in [3.05, 3.63) is 74.7 Å². The Hall–Kier alpha value is -2.93. The van der Waals surface area contributed by atoms with Crippen molar-refractivity contribution in [1.29, 1.82) is 0 Å². The Kier molecular flexibility index (Phi) is 4.67. The highest BCUT2D eigenvalue weighted by Gasteiger charge is 2.30. The lowest BCUT2D eigenvalue weighted by Crippen LogP contribution is -2.23. The number of rotatable bonds is 3. The molecule has 2 aromatic carbocycles. The number of benzene rings is 2. The van der Waals surface area contributed by atoms with Crippen LogP contribution in [0.4, 0.5) is 11.4 Å². The van der Waals surface area contributed by atoms with Gasteiger partial charge in [-0.3, -0.25) is 19.8 Å². The number of nitro benzene ring substituents is 1. The molecule has 0 N–H and O–H groups in total. The maximum Gasteiger partial charge on any atom is 0.272 e. The highest BCUT2D eigenvalue weighted by Crippen LogP contribution is 2.33. The summed E-state index contributed by atoms with van der Waals surface area (Å²) in [6.07, 6.45) is 1.66. The summed E-state index contributed by atoms with van der Waals surface area (Å²) in [7, 11) is 1.66. The van der Waals surface area contributed by atoms with E-state index in [1.165, 1.54) is 22.7 Å². The number of hydrogen-bond acceptors (Lipinski definition) is 5. The normalized spacial score (nSPS) is 17.5. The summed E-state index contributed by atoms with van der Waals surface area (Å²) in [5, 5.41) is 11.6. The van der Waals surface area contributed by atoms with Crippen LogP contribution >= 0.6 is 11.8 Å². The zero-order valence-electron chi connectivity index (χ0n) is 13.7. The second-order valence-electron chi connectivity index (χ2n) is 5.51. The van der Waals surface area contributed by atoms with Crippen LogP contribution in [0.5, 0.6) is 0 Å². The minimum absolute atomic E-state index is 0.0383. The molecule has 3 rings (SSSR count). The Balaban J connectivity index is 1.92. The Morgan fingerprint density at radius 1 is 1.20 bits per heavy atom. The van der Waals surface area contributed by atoms with E-state index in [0.29, 0.717) is 21.2 Å². The van der Waals surface area contributed by atoms with Gasteiger partial charge in [-0.15, -0.1) is 0 Å². The molecule has 0 radical (unpaired) electrons. The lowest BCUT2D eigenvalue weighted by molar-refractivity contribution is -0.385. The van der Waals surface area contributed by atoms with E-state index >= 15 is 0 Å². The van der Waals surface area contributed by atoms with Gasteiger partial charge in [0.15, 0.2) is 5.17 Å². The molecule has 0 aliphatic carbocycles. The Labute approximate surface area is 149 Å². The van der Waals surface area contributed by atoms with Crippen LogP contribution in [-0.4, -0.2) is 27.9 Å². The molecule has 1 fully saturated rings. The van der Waals surface area contributed by atoms with Crippen molar-refractivity contribution in [2.24, 2.45) is 4.99 Å². The molecule has 1 aliphatic heterocycles. The third kappa shape index (κ3) is 3.61. The molecule has 0 saturated carbocycles. The minimum atomic E-state index is -0.421. The number of nitrogens with zero attached hydrogens (tertiary/aromatic N) is 3. The zero-order valence-corrected chi connectivity index (χ0v) is 14.5. The number of likely N-dealkylation sites (N-methyl/N-ethyl adjacent to an activating group) is 1. The Morgan fingerprint density at radius 3 is 2.60 bits per heavy atom. The van der Waals surface area contributed by atoms with E-state index in [1.54, 1.807) is 32.2 Å². The predicted molar refractivity (Wildman–Crippen MR) is 99.7 cm³/mol. The van der Waals surface area contributed by atoms with Gasteiger partial charge in [-0.05, 0) is 42.5 Å². The van der Waals surface area contributed by atoms with Crippen molar-refractivity contribution < 1.29 is 9.72 Å². The second-order valence-corrected chi connectivity index (χ2v) is 6.52. The van der Waals surface area contributed by atoms with Crippen LogP contribution in [-0.2, 0) is 4.79 Å². The summed E-state index contributed by atoms with van der Waals surface area (Å²) < 4.78 is 0. The van der Waals surface area contributed by atoms with Gasteiger partial charge in [0.1, 0.15) is 0 Å². The molecular formula is C18H15N3O3S.